The lowest BCUT2D eigenvalue weighted by Gasteiger charge is -2.19. The summed E-state index contributed by atoms with van der Waals surface area (Å²) in [6.07, 6.45) is 4.11. The van der Waals surface area contributed by atoms with Crippen molar-refractivity contribution in [1.82, 2.24) is 19.7 Å². The Hall–Kier alpha value is -3.16. The number of halogens is 3. The van der Waals surface area contributed by atoms with Crippen LogP contribution in [0.1, 0.15) is 29.7 Å². The van der Waals surface area contributed by atoms with Crippen molar-refractivity contribution in [1.29, 1.82) is 5.41 Å². The first-order chi connectivity index (χ1) is 14.2. The molecule has 0 radical (unpaired) electrons. The Balaban J connectivity index is 1.71. The topological polar surface area (TPSA) is 66.1 Å². The maximum atomic E-state index is 13.2. The van der Waals surface area contributed by atoms with Crippen LogP contribution in [0.2, 0.25) is 0 Å². The lowest BCUT2D eigenvalue weighted by Crippen LogP contribution is -2.33. The van der Waals surface area contributed by atoms with Crippen LogP contribution in [0, 0.1) is 24.7 Å². The van der Waals surface area contributed by atoms with Crippen LogP contribution in [-0.4, -0.2) is 33.3 Å². The van der Waals surface area contributed by atoms with E-state index in [1.807, 2.05) is 48.8 Å². The van der Waals surface area contributed by atoms with Gasteiger partial charge in [0.15, 0.2) is 0 Å². The Kier molecular flexibility index (Phi) is 4.88. The standard InChI is InChI=1S/C22H22F3N5/c1-14-9-18(17(11-26)12-27-13-21(4-5-21)22(23,24)25)20(29-15(14)2)16-3-7-30-8-6-28-19(30)10-16/h3,6-12,26-27H,4-5,13H2,1-2H3/b17-12+,26-11?. The van der Waals surface area contributed by atoms with Crippen LogP contribution in [0.15, 0.2) is 43.0 Å². The van der Waals surface area contributed by atoms with Crippen LogP contribution in [-0.2, 0) is 0 Å². The van der Waals surface area contributed by atoms with Gasteiger partial charge in [0.2, 0.25) is 0 Å². The molecule has 1 aliphatic carbocycles. The third-order valence-electron chi connectivity index (χ3n) is 5.76. The van der Waals surface area contributed by atoms with Gasteiger partial charge in [-0.3, -0.25) is 4.98 Å². The van der Waals surface area contributed by atoms with Crippen molar-refractivity contribution in [3.63, 3.8) is 0 Å². The molecule has 0 aromatic carbocycles. The zero-order chi connectivity index (χ0) is 21.5. The van der Waals surface area contributed by atoms with Gasteiger partial charge in [0.1, 0.15) is 5.65 Å². The number of aryl methyl sites for hydroxylation is 2. The molecule has 0 atom stereocenters. The van der Waals surface area contributed by atoms with Crippen LogP contribution in [0.5, 0.6) is 0 Å². The van der Waals surface area contributed by atoms with E-state index in [-0.39, 0.29) is 19.4 Å². The van der Waals surface area contributed by atoms with E-state index in [0.717, 1.165) is 28.7 Å². The van der Waals surface area contributed by atoms with E-state index >= 15 is 0 Å². The minimum absolute atomic E-state index is 0.137. The highest BCUT2D eigenvalue weighted by Crippen LogP contribution is 2.57. The van der Waals surface area contributed by atoms with Gasteiger partial charge in [-0.1, -0.05) is 0 Å². The van der Waals surface area contributed by atoms with E-state index in [9.17, 15) is 13.2 Å². The molecule has 3 aromatic heterocycles. The maximum Gasteiger partial charge on any atom is 0.396 e. The first-order valence-corrected chi connectivity index (χ1v) is 9.66. The van der Waals surface area contributed by atoms with Gasteiger partial charge in [0.05, 0.1) is 11.1 Å². The second-order valence-corrected chi connectivity index (χ2v) is 7.80. The molecule has 3 heterocycles. The number of fused-ring (bicyclic) bond motifs is 1. The summed E-state index contributed by atoms with van der Waals surface area (Å²) in [7, 11) is 0. The molecule has 0 amide bonds. The Labute approximate surface area is 172 Å². The molecule has 4 rings (SSSR count). The highest BCUT2D eigenvalue weighted by atomic mass is 19.4. The monoisotopic (exact) mass is 413 g/mol. The molecule has 1 aliphatic rings. The van der Waals surface area contributed by atoms with E-state index in [4.69, 9.17) is 10.4 Å². The van der Waals surface area contributed by atoms with Crippen molar-refractivity contribution in [2.45, 2.75) is 32.9 Å². The summed E-state index contributed by atoms with van der Waals surface area (Å²) in [6.45, 7) is 3.63. The van der Waals surface area contributed by atoms with Crippen molar-refractivity contribution in [3.05, 3.63) is 59.8 Å². The van der Waals surface area contributed by atoms with Crippen LogP contribution in [0.25, 0.3) is 22.5 Å². The number of imidazole rings is 1. The third-order valence-corrected chi connectivity index (χ3v) is 5.76. The summed E-state index contributed by atoms with van der Waals surface area (Å²) in [5.74, 6) is 0. The fraction of sp³-hybridized carbons (Fsp3) is 0.318. The number of nitrogens with one attached hydrogen (secondary N) is 2. The lowest BCUT2D eigenvalue weighted by molar-refractivity contribution is -0.184. The summed E-state index contributed by atoms with van der Waals surface area (Å²) >= 11 is 0. The largest absolute Gasteiger partial charge is 0.396 e. The van der Waals surface area contributed by atoms with Gasteiger partial charge in [0, 0.05) is 59.9 Å². The fourth-order valence-corrected chi connectivity index (χ4v) is 3.47. The average Bonchev–Trinajstić information content (AvgIpc) is 3.36. The maximum absolute atomic E-state index is 13.2. The van der Waals surface area contributed by atoms with Gasteiger partial charge in [0.25, 0.3) is 0 Å². The van der Waals surface area contributed by atoms with Crippen LogP contribution in [0.3, 0.4) is 0 Å². The smallest absolute Gasteiger partial charge is 0.389 e. The van der Waals surface area contributed by atoms with E-state index in [1.165, 1.54) is 6.20 Å². The highest BCUT2D eigenvalue weighted by Gasteiger charge is 2.62. The molecule has 8 heteroatoms. The highest BCUT2D eigenvalue weighted by molar-refractivity contribution is 6.10. The van der Waals surface area contributed by atoms with Gasteiger partial charge in [-0.05, 0) is 50.5 Å². The molecule has 0 saturated heterocycles. The van der Waals surface area contributed by atoms with Crippen LogP contribution >= 0.6 is 0 Å². The zero-order valence-electron chi connectivity index (χ0n) is 16.7. The molecule has 1 fully saturated rings. The zero-order valence-corrected chi connectivity index (χ0v) is 16.7. The number of pyridine rings is 2. The summed E-state index contributed by atoms with van der Waals surface area (Å²) in [5.41, 5.74) is 3.56. The van der Waals surface area contributed by atoms with Crippen LogP contribution in [0.4, 0.5) is 13.2 Å². The molecular formula is C22H22F3N5. The SMILES string of the molecule is Cc1cc(/C(C=N)=C/NCC2(C(F)(F)F)CC2)c(-c2ccn3ccnc3c2)nc1C. The third kappa shape index (κ3) is 3.58. The second kappa shape index (κ2) is 7.27. The molecule has 0 aliphatic heterocycles. The van der Waals surface area contributed by atoms with Crippen molar-refractivity contribution in [2.24, 2.45) is 5.41 Å². The Bertz CT molecular complexity index is 1140. The molecule has 3 aromatic rings. The van der Waals surface area contributed by atoms with Gasteiger partial charge < -0.3 is 15.1 Å². The first-order valence-electron chi connectivity index (χ1n) is 9.66. The molecule has 0 spiro atoms. The number of alkyl halides is 3. The number of hydrogen-bond acceptors (Lipinski definition) is 4. The number of nitrogens with zero attached hydrogens (tertiary/aromatic N) is 3. The van der Waals surface area contributed by atoms with Crippen molar-refractivity contribution in [2.75, 3.05) is 6.54 Å². The molecule has 0 unspecified atom stereocenters. The Morgan fingerprint density at radius 1 is 1.27 bits per heavy atom. The number of aromatic nitrogens is 3. The van der Waals surface area contributed by atoms with E-state index < -0.39 is 11.6 Å². The van der Waals surface area contributed by atoms with Gasteiger partial charge in [-0.25, -0.2) is 4.98 Å². The summed E-state index contributed by atoms with van der Waals surface area (Å²) < 4.78 is 41.4. The number of rotatable bonds is 6. The minimum atomic E-state index is -4.22. The van der Waals surface area contributed by atoms with E-state index in [2.05, 4.69) is 10.3 Å². The predicted molar refractivity (Wildman–Crippen MR) is 110 cm³/mol. The summed E-state index contributed by atoms with van der Waals surface area (Å²) in [4.78, 5) is 9.03. The lowest BCUT2D eigenvalue weighted by atomic mass is 9.98. The molecule has 2 N–H and O–H groups in total. The number of allylic oxidation sites excluding steroid dienone is 1. The summed E-state index contributed by atoms with van der Waals surface area (Å²) in [6, 6.07) is 5.73. The van der Waals surface area contributed by atoms with Crippen molar-refractivity contribution < 1.29 is 13.2 Å². The van der Waals surface area contributed by atoms with Gasteiger partial charge >= 0.3 is 6.18 Å². The first kappa shape index (κ1) is 20.1. The predicted octanol–water partition coefficient (Wildman–Crippen LogP) is 4.94. The van der Waals surface area contributed by atoms with Gasteiger partial charge in [-0.15, -0.1) is 0 Å². The second-order valence-electron chi connectivity index (χ2n) is 7.80. The van der Waals surface area contributed by atoms with Crippen molar-refractivity contribution >= 4 is 17.4 Å². The van der Waals surface area contributed by atoms with Crippen molar-refractivity contribution in [3.8, 4) is 11.3 Å². The normalized spacial score (nSPS) is 16.0. The van der Waals surface area contributed by atoms with E-state index in [0.29, 0.717) is 16.8 Å². The summed E-state index contributed by atoms with van der Waals surface area (Å²) in [5, 5.41) is 10.7. The average molecular weight is 413 g/mol. The number of hydrogen-bond donors (Lipinski definition) is 2. The molecule has 1 saturated carbocycles. The van der Waals surface area contributed by atoms with E-state index in [1.54, 1.807) is 6.20 Å². The molecular weight excluding hydrogens is 391 g/mol. The van der Waals surface area contributed by atoms with Gasteiger partial charge in [-0.2, -0.15) is 13.2 Å². The Morgan fingerprint density at radius 2 is 2.03 bits per heavy atom. The fourth-order valence-electron chi connectivity index (χ4n) is 3.47. The molecule has 156 valence electrons. The van der Waals surface area contributed by atoms with Crippen LogP contribution < -0.4 is 5.32 Å². The quantitative estimate of drug-likeness (QED) is 0.563. The Morgan fingerprint density at radius 3 is 2.70 bits per heavy atom. The molecule has 0 bridgehead atoms. The molecule has 30 heavy (non-hydrogen) atoms. The minimum Gasteiger partial charge on any atom is -0.389 e. The molecule has 5 nitrogen and oxygen atoms in total.